The van der Waals surface area contributed by atoms with E-state index in [9.17, 15) is 4.79 Å². The van der Waals surface area contributed by atoms with Gasteiger partial charge in [0.15, 0.2) is 0 Å². The van der Waals surface area contributed by atoms with Crippen molar-refractivity contribution in [3.8, 4) is 5.88 Å². The van der Waals surface area contributed by atoms with E-state index in [1.807, 2.05) is 26.0 Å². The van der Waals surface area contributed by atoms with Crippen LogP contribution in [0.3, 0.4) is 0 Å². The van der Waals surface area contributed by atoms with Gasteiger partial charge in [0.05, 0.1) is 6.61 Å². The Kier molecular flexibility index (Phi) is 4.57. The monoisotopic (exact) mass is 223 g/mol. The minimum atomic E-state index is -0.332. The molecule has 1 unspecified atom stereocenters. The molecule has 0 radical (unpaired) electrons. The highest BCUT2D eigenvalue weighted by molar-refractivity contribution is 5.74. The fourth-order valence-electron chi connectivity index (χ4n) is 1.33. The molecule has 1 aromatic rings. The Morgan fingerprint density at radius 3 is 3.00 bits per heavy atom. The number of carbonyl (C=O) groups excluding carboxylic acids is 1. The Bertz CT molecular complexity index is 355. The SMILES string of the molecule is CCOc1cccc(NC(C)CC(N)=O)n1. The highest BCUT2D eigenvalue weighted by Crippen LogP contribution is 2.12. The van der Waals surface area contributed by atoms with Crippen LogP contribution in [0.2, 0.25) is 0 Å². The molecule has 0 saturated heterocycles. The topological polar surface area (TPSA) is 77.2 Å². The lowest BCUT2D eigenvalue weighted by Gasteiger charge is -2.13. The molecule has 1 aromatic heterocycles. The number of rotatable bonds is 6. The second-order valence-corrected chi connectivity index (χ2v) is 3.51. The van der Waals surface area contributed by atoms with Crippen LogP contribution in [0.5, 0.6) is 5.88 Å². The van der Waals surface area contributed by atoms with Crippen LogP contribution >= 0.6 is 0 Å². The second-order valence-electron chi connectivity index (χ2n) is 3.51. The smallest absolute Gasteiger partial charge is 0.219 e. The molecule has 0 aromatic carbocycles. The third-order valence-corrected chi connectivity index (χ3v) is 1.92. The van der Waals surface area contributed by atoms with Gasteiger partial charge in [-0.05, 0) is 19.9 Å². The number of amides is 1. The third-order valence-electron chi connectivity index (χ3n) is 1.92. The number of hydrogen-bond acceptors (Lipinski definition) is 4. The lowest BCUT2D eigenvalue weighted by Crippen LogP contribution is -2.24. The van der Waals surface area contributed by atoms with Crippen LogP contribution in [0, 0.1) is 0 Å². The van der Waals surface area contributed by atoms with Crippen molar-refractivity contribution in [2.75, 3.05) is 11.9 Å². The van der Waals surface area contributed by atoms with Gasteiger partial charge in [-0.25, -0.2) is 0 Å². The van der Waals surface area contributed by atoms with Crippen LogP contribution in [0.15, 0.2) is 18.2 Å². The minimum Gasteiger partial charge on any atom is -0.478 e. The van der Waals surface area contributed by atoms with Crippen LogP contribution < -0.4 is 15.8 Å². The van der Waals surface area contributed by atoms with Crippen molar-refractivity contribution in [1.29, 1.82) is 0 Å². The van der Waals surface area contributed by atoms with Crippen LogP contribution in [-0.2, 0) is 4.79 Å². The number of nitrogens with zero attached hydrogens (tertiary/aromatic N) is 1. The molecule has 3 N–H and O–H groups in total. The number of pyridine rings is 1. The molecule has 16 heavy (non-hydrogen) atoms. The molecule has 0 aliphatic heterocycles. The quantitative estimate of drug-likeness (QED) is 0.758. The first-order valence-corrected chi connectivity index (χ1v) is 5.26. The van der Waals surface area contributed by atoms with Gasteiger partial charge in [0.1, 0.15) is 5.82 Å². The van der Waals surface area contributed by atoms with E-state index < -0.39 is 0 Å². The lowest BCUT2D eigenvalue weighted by atomic mass is 10.2. The molecule has 0 bridgehead atoms. The van der Waals surface area contributed by atoms with Gasteiger partial charge >= 0.3 is 0 Å². The predicted molar refractivity (Wildman–Crippen MR) is 62.3 cm³/mol. The van der Waals surface area contributed by atoms with Crippen LogP contribution in [0.4, 0.5) is 5.82 Å². The maximum atomic E-state index is 10.7. The van der Waals surface area contributed by atoms with Gasteiger partial charge in [-0.15, -0.1) is 0 Å². The molecule has 1 rings (SSSR count). The van der Waals surface area contributed by atoms with Gasteiger partial charge in [-0.2, -0.15) is 4.98 Å². The van der Waals surface area contributed by atoms with Gasteiger partial charge < -0.3 is 15.8 Å². The lowest BCUT2D eigenvalue weighted by molar-refractivity contribution is -0.118. The van der Waals surface area contributed by atoms with Crippen molar-refractivity contribution in [2.45, 2.75) is 26.3 Å². The first kappa shape index (κ1) is 12.3. The van der Waals surface area contributed by atoms with Crippen LogP contribution in [-0.4, -0.2) is 23.5 Å². The first-order valence-electron chi connectivity index (χ1n) is 5.26. The molecule has 5 heteroatoms. The van der Waals surface area contributed by atoms with E-state index in [1.54, 1.807) is 6.07 Å². The normalized spacial score (nSPS) is 11.9. The molecule has 1 amide bonds. The summed E-state index contributed by atoms with van der Waals surface area (Å²) in [4.78, 5) is 14.9. The van der Waals surface area contributed by atoms with E-state index in [-0.39, 0.29) is 18.4 Å². The number of ether oxygens (including phenoxy) is 1. The second kappa shape index (κ2) is 5.95. The summed E-state index contributed by atoms with van der Waals surface area (Å²) >= 11 is 0. The van der Waals surface area contributed by atoms with E-state index in [4.69, 9.17) is 10.5 Å². The molecule has 0 spiro atoms. The Morgan fingerprint density at radius 2 is 2.38 bits per heavy atom. The van der Waals surface area contributed by atoms with Gasteiger partial charge in [-0.3, -0.25) is 4.79 Å². The van der Waals surface area contributed by atoms with E-state index >= 15 is 0 Å². The average molecular weight is 223 g/mol. The van der Waals surface area contributed by atoms with Crippen molar-refractivity contribution in [2.24, 2.45) is 5.73 Å². The number of carbonyl (C=O) groups is 1. The van der Waals surface area contributed by atoms with Gasteiger partial charge in [-0.1, -0.05) is 6.07 Å². The molecule has 0 aliphatic rings. The molecule has 0 saturated carbocycles. The zero-order valence-electron chi connectivity index (χ0n) is 9.56. The van der Waals surface area contributed by atoms with E-state index in [1.165, 1.54) is 0 Å². The average Bonchev–Trinajstić information content (AvgIpc) is 2.17. The Labute approximate surface area is 95.0 Å². The zero-order chi connectivity index (χ0) is 12.0. The maximum absolute atomic E-state index is 10.7. The van der Waals surface area contributed by atoms with Gasteiger partial charge in [0, 0.05) is 18.5 Å². The minimum absolute atomic E-state index is 0.0399. The summed E-state index contributed by atoms with van der Waals surface area (Å²) in [6.07, 6.45) is 0.278. The third kappa shape index (κ3) is 4.16. The summed E-state index contributed by atoms with van der Waals surface area (Å²) < 4.78 is 5.27. The fourth-order valence-corrected chi connectivity index (χ4v) is 1.33. The molecule has 1 heterocycles. The van der Waals surface area contributed by atoms with Gasteiger partial charge in [0.2, 0.25) is 11.8 Å². The summed E-state index contributed by atoms with van der Waals surface area (Å²) in [6, 6.07) is 5.41. The maximum Gasteiger partial charge on any atom is 0.219 e. The first-order chi connectivity index (χ1) is 7.61. The highest BCUT2D eigenvalue weighted by Gasteiger charge is 2.06. The molecular weight excluding hydrogens is 206 g/mol. The molecule has 0 aliphatic carbocycles. The molecule has 5 nitrogen and oxygen atoms in total. The summed E-state index contributed by atoms with van der Waals surface area (Å²) in [5, 5.41) is 3.08. The molecule has 88 valence electrons. The van der Waals surface area contributed by atoms with Crippen molar-refractivity contribution in [3.05, 3.63) is 18.2 Å². The van der Waals surface area contributed by atoms with Crippen molar-refractivity contribution in [1.82, 2.24) is 4.98 Å². The summed E-state index contributed by atoms with van der Waals surface area (Å²) in [5.41, 5.74) is 5.10. The van der Waals surface area contributed by atoms with E-state index in [0.717, 1.165) is 0 Å². The number of nitrogens with two attached hydrogens (primary N) is 1. The van der Waals surface area contributed by atoms with E-state index in [0.29, 0.717) is 18.3 Å². The number of nitrogens with one attached hydrogen (secondary N) is 1. The Morgan fingerprint density at radius 1 is 1.62 bits per heavy atom. The number of aromatic nitrogens is 1. The van der Waals surface area contributed by atoms with Crippen LogP contribution in [0.25, 0.3) is 0 Å². The van der Waals surface area contributed by atoms with Crippen molar-refractivity contribution in [3.63, 3.8) is 0 Å². The Balaban J connectivity index is 2.59. The predicted octanol–water partition coefficient (Wildman–Crippen LogP) is 1.16. The number of anilines is 1. The standard InChI is InChI=1S/C11H17N3O2/c1-3-16-11-6-4-5-10(14-11)13-8(2)7-9(12)15/h4-6,8H,3,7H2,1-2H3,(H2,12,15)(H,13,14). The van der Waals surface area contributed by atoms with Crippen molar-refractivity contribution >= 4 is 11.7 Å². The fraction of sp³-hybridized carbons (Fsp3) is 0.455. The zero-order valence-corrected chi connectivity index (χ0v) is 9.56. The summed E-state index contributed by atoms with van der Waals surface area (Å²) in [5.74, 6) is 0.916. The highest BCUT2D eigenvalue weighted by atomic mass is 16.5. The number of hydrogen-bond donors (Lipinski definition) is 2. The van der Waals surface area contributed by atoms with E-state index in [2.05, 4.69) is 10.3 Å². The summed E-state index contributed by atoms with van der Waals surface area (Å²) in [7, 11) is 0. The molecule has 1 atom stereocenters. The van der Waals surface area contributed by atoms with Crippen molar-refractivity contribution < 1.29 is 9.53 Å². The van der Waals surface area contributed by atoms with Crippen LogP contribution in [0.1, 0.15) is 20.3 Å². The molecule has 0 fully saturated rings. The molecular formula is C11H17N3O2. The van der Waals surface area contributed by atoms with Gasteiger partial charge in [0.25, 0.3) is 0 Å². The summed E-state index contributed by atoms with van der Waals surface area (Å²) in [6.45, 7) is 4.35. The largest absolute Gasteiger partial charge is 0.478 e. The number of primary amides is 1. The Hall–Kier alpha value is -1.78.